The molecule has 2 aromatic carbocycles. The number of hydrogen-bond acceptors (Lipinski definition) is 2. The molecule has 0 bridgehead atoms. The number of unbranched alkanes of at least 4 members (excludes halogenated alkanes) is 1. The molecule has 4 heteroatoms. The maximum atomic E-state index is 5.86. The number of rotatable bonds is 9. The van der Waals surface area contributed by atoms with Crippen molar-refractivity contribution in [2.75, 3.05) is 6.54 Å². The highest BCUT2D eigenvalue weighted by Gasteiger charge is 2.03. The molecule has 0 aliphatic heterocycles. The summed E-state index contributed by atoms with van der Waals surface area (Å²) in [5.74, 6) is 0. The average molecular weight is 343 g/mol. The molecule has 0 atom stereocenters. The highest BCUT2D eigenvalue weighted by molar-refractivity contribution is 7.80. The smallest absolute Gasteiger partial charge is 0.166 e. The van der Waals surface area contributed by atoms with Crippen molar-refractivity contribution >= 4 is 17.3 Å². The third kappa shape index (κ3) is 6.69. The summed E-state index contributed by atoms with van der Waals surface area (Å²) < 4.78 is 5.86. The zero-order valence-electron chi connectivity index (χ0n) is 14.3. The molecular weight excluding hydrogens is 316 g/mol. The average Bonchev–Trinajstić information content (AvgIpc) is 2.62. The van der Waals surface area contributed by atoms with Gasteiger partial charge in [0.15, 0.2) is 5.11 Å². The van der Waals surface area contributed by atoms with Gasteiger partial charge < -0.3 is 15.4 Å². The van der Waals surface area contributed by atoms with E-state index < -0.39 is 0 Å². The van der Waals surface area contributed by atoms with Crippen LogP contribution in [0.3, 0.4) is 0 Å². The van der Waals surface area contributed by atoms with Gasteiger partial charge in [-0.25, -0.2) is 0 Å². The Kier molecular flexibility index (Phi) is 8.28. The summed E-state index contributed by atoms with van der Waals surface area (Å²) in [4.78, 5) is 0. The summed E-state index contributed by atoms with van der Waals surface area (Å²) in [6.45, 7) is 5.03. The number of ether oxygens (including phenoxy) is 1. The molecule has 0 radical (unpaired) electrons. The third-order valence-corrected chi connectivity index (χ3v) is 4.03. The van der Waals surface area contributed by atoms with Gasteiger partial charge in [0.1, 0.15) is 0 Å². The molecule has 0 aliphatic carbocycles. The highest BCUT2D eigenvalue weighted by atomic mass is 32.1. The van der Waals surface area contributed by atoms with Gasteiger partial charge in [0.25, 0.3) is 0 Å². The van der Waals surface area contributed by atoms with E-state index in [4.69, 9.17) is 17.0 Å². The predicted molar refractivity (Wildman–Crippen MR) is 104 cm³/mol. The van der Waals surface area contributed by atoms with Crippen LogP contribution in [0.5, 0.6) is 0 Å². The van der Waals surface area contributed by atoms with Crippen molar-refractivity contribution in [3.05, 3.63) is 71.3 Å². The van der Waals surface area contributed by atoms with E-state index in [0.717, 1.165) is 19.4 Å². The summed E-state index contributed by atoms with van der Waals surface area (Å²) in [5, 5.41) is 7.21. The van der Waals surface area contributed by atoms with Crippen LogP contribution in [-0.4, -0.2) is 11.7 Å². The molecule has 0 spiro atoms. The maximum Gasteiger partial charge on any atom is 0.166 e. The molecule has 2 aromatic rings. The van der Waals surface area contributed by atoms with Crippen molar-refractivity contribution < 1.29 is 4.74 Å². The Balaban J connectivity index is 1.80. The summed E-state index contributed by atoms with van der Waals surface area (Å²) in [6, 6.07) is 18.5. The molecule has 0 amide bonds. The van der Waals surface area contributed by atoms with Gasteiger partial charge in [-0.2, -0.15) is 0 Å². The number of benzene rings is 2. The zero-order valence-corrected chi connectivity index (χ0v) is 15.1. The number of hydrogen-bond donors (Lipinski definition) is 2. The van der Waals surface area contributed by atoms with Crippen molar-refractivity contribution in [2.45, 2.75) is 39.5 Å². The van der Waals surface area contributed by atoms with Crippen LogP contribution < -0.4 is 10.6 Å². The van der Waals surface area contributed by atoms with Crippen LogP contribution in [0.15, 0.2) is 54.6 Å². The van der Waals surface area contributed by atoms with E-state index in [1.54, 1.807) is 0 Å². The Morgan fingerprint density at radius 3 is 2.38 bits per heavy atom. The molecule has 0 aromatic heterocycles. The van der Waals surface area contributed by atoms with E-state index in [1.807, 2.05) is 30.3 Å². The molecule has 24 heavy (non-hydrogen) atoms. The fraction of sp³-hybridized carbons (Fsp3) is 0.350. The molecular formula is C20H26N2OS. The van der Waals surface area contributed by atoms with Crippen molar-refractivity contribution in [3.8, 4) is 0 Å². The molecule has 2 N–H and O–H groups in total. The summed E-state index contributed by atoms with van der Waals surface area (Å²) in [5.41, 5.74) is 3.59. The fourth-order valence-electron chi connectivity index (χ4n) is 2.34. The SMILES string of the molecule is CCCCNC(=S)NCc1ccccc1COCc1ccccc1. The summed E-state index contributed by atoms with van der Waals surface area (Å²) in [7, 11) is 0. The Bertz CT molecular complexity index is 616. The van der Waals surface area contributed by atoms with Gasteiger partial charge in [0.2, 0.25) is 0 Å². The zero-order chi connectivity index (χ0) is 17.0. The first-order valence-electron chi connectivity index (χ1n) is 8.49. The predicted octanol–water partition coefficient (Wildman–Crippen LogP) is 4.17. The van der Waals surface area contributed by atoms with Crippen LogP contribution in [0, 0.1) is 0 Å². The molecule has 0 heterocycles. The fourth-order valence-corrected chi connectivity index (χ4v) is 2.51. The molecule has 0 saturated heterocycles. The molecule has 3 nitrogen and oxygen atoms in total. The van der Waals surface area contributed by atoms with Crippen LogP contribution in [0.4, 0.5) is 0 Å². The topological polar surface area (TPSA) is 33.3 Å². The van der Waals surface area contributed by atoms with Gasteiger partial charge in [-0.05, 0) is 35.3 Å². The maximum absolute atomic E-state index is 5.86. The number of thiocarbonyl (C=S) groups is 1. The van der Waals surface area contributed by atoms with Crippen molar-refractivity contribution in [1.82, 2.24) is 10.6 Å². The molecule has 0 unspecified atom stereocenters. The van der Waals surface area contributed by atoms with Crippen LogP contribution >= 0.6 is 12.2 Å². The first-order valence-corrected chi connectivity index (χ1v) is 8.90. The normalized spacial score (nSPS) is 10.4. The Morgan fingerprint density at radius 1 is 0.917 bits per heavy atom. The molecule has 0 fully saturated rings. The van der Waals surface area contributed by atoms with E-state index in [9.17, 15) is 0 Å². The first-order chi connectivity index (χ1) is 11.8. The minimum absolute atomic E-state index is 0.600. The van der Waals surface area contributed by atoms with Crippen molar-refractivity contribution in [3.63, 3.8) is 0 Å². The lowest BCUT2D eigenvalue weighted by Gasteiger charge is -2.13. The number of nitrogens with one attached hydrogen (secondary N) is 2. The summed E-state index contributed by atoms with van der Waals surface area (Å²) in [6.07, 6.45) is 2.29. The van der Waals surface area contributed by atoms with E-state index in [0.29, 0.717) is 24.9 Å². The van der Waals surface area contributed by atoms with Gasteiger partial charge in [-0.3, -0.25) is 0 Å². The van der Waals surface area contributed by atoms with Crippen LogP contribution in [-0.2, 0) is 24.5 Å². The molecule has 2 rings (SSSR count). The Morgan fingerprint density at radius 2 is 1.62 bits per heavy atom. The first kappa shape index (κ1) is 18.4. The quantitative estimate of drug-likeness (QED) is 0.529. The van der Waals surface area contributed by atoms with Gasteiger partial charge in [0, 0.05) is 13.1 Å². The molecule has 0 aliphatic rings. The lowest BCUT2D eigenvalue weighted by atomic mass is 10.1. The van der Waals surface area contributed by atoms with E-state index >= 15 is 0 Å². The Labute approximate surface area is 150 Å². The van der Waals surface area contributed by atoms with Crippen molar-refractivity contribution in [2.24, 2.45) is 0 Å². The summed E-state index contributed by atoms with van der Waals surface area (Å²) >= 11 is 5.31. The van der Waals surface area contributed by atoms with Crippen LogP contribution in [0.1, 0.15) is 36.5 Å². The van der Waals surface area contributed by atoms with Gasteiger partial charge in [-0.1, -0.05) is 67.9 Å². The highest BCUT2D eigenvalue weighted by Crippen LogP contribution is 2.11. The molecule has 128 valence electrons. The largest absolute Gasteiger partial charge is 0.372 e. The monoisotopic (exact) mass is 342 g/mol. The van der Waals surface area contributed by atoms with Gasteiger partial charge in [0.05, 0.1) is 13.2 Å². The van der Waals surface area contributed by atoms with E-state index in [1.165, 1.54) is 16.7 Å². The third-order valence-electron chi connectivity index (χ3n) is 3.74. The minimum Gasteiger partial charge on any atom is -0.372 e. The standard InChI is InChI=1S/C20H26N2OS/c1-2-3-13-21-20(24)22-14-18-11-7-8-12-19(18)16-23-15-17-9-5-4-6-10-17/h4-12H,2-3,13-16H2,1H3,(H2,21,22,24). The second kappa shape index (κ2) is 10.8. The minimum atomic E-state index is 0.600. The second-order valence-electron chi connectivity index (χ2n) is 5.71. The second-order valence-corrected chi connectivity index (χ2v) is 6.12. The van der Waals surface area contributed by atoms with Gasteiger partial charge >= 0.3 is 0 Å². The van der Waals surface area contributed by atoms with E-state index in [2.05, 4.69) is 41.8 Å². The van der Waals surface area contributed by atoms with Gasteiger partial charge in [-0.15, -0.1) is 0 Å². The lowest BCUT2D eigenvalue weighted by molar-refractivity contribution is 0.106. The van der Waals surface area contributed by atoms with E-state index in [-0.39, 0.29) is 0 Å². The van der Waals surface area contributed by atoms with Crippen LogP contribution in [0.2, 0.25) is 0 Å². The van der Waals surface area contributed by atoms with Crippen LogP contribution in [0.25, 0.3) is 0 Å². The lowest BCUT2D eigenvalue weighted by Crippen LogP contribution is -2.35. The van der Waals surface area contributed by atoms with Crippen molar-refractivity contribution in [1.29, 1.82) is 0 Å². The Hall–Kier alpha value is -1.91. The molecule has 0 saturated carbocycles.